The molecule has 1 aliphatic heterocycles. The normalized spacial score (nSPS) is 15.0. The van der Waals surface area contributed by atoms with Gasteiger partial charge >= 0.3 is 12.8 Å². The smallest absolute Gasteiger partial charge is 0.416 e. The number of alkyl halides is 5. The molecule has 0 spiro atoms. The zero-order chi connectivity index (χ0) is 26.4. The fourth-order valence-electron chi connectivity index (χ4n) is 3.73. The third kappa shape index (κ3) is 5.08. The molecule has 5 nitrogen and oxygen atoms in total. The first-order chi connectivity index (χ1) is 16.8. The van der Waals surface area contributed by atoms with E-state index < -0.39 is 59.2 Å². The predicted octanol–water partition coefficient (Wildman–Crippen LogP) is 6.32. The molecule has 0 aliphatic carbocycles. The minimum Gasteiger partial charge on any atom is -0.435 e. The molecule has 2 amide bonds. The average molecular weight is 533 g/mol. The minimum atomic E-state index is -4.96. The van der Waals surface area contributed by atoms with Gasteiger partial charge in [0.25, 0.3) is 11.8 Å². The van der Waals surface area contributed by atoms with Crippen LogP contribution in [0.25, 0.3) is 0 Å². The lowest BCUT2D eigenvalue weighted by molar-refractivity contribution is -0.137. The van der Waals surface area contributed by atoms with Gasteiger partial charge in [-0.2, -0.15) is 22.0 Å². The number of benzene rings is 3. The first kappa shape index (κ1) is 25.3. The lowest BCUT2D eigenvalue weighted by Gasteiger charge is -2.19. The van der Waals surface area contributed by atoms with Gasteiger partial charge in [-0.25, -0.2) is 8.78 Å². The maximum absolute atomic E-state index is 13.9. The van der Waals surface area contributed by atoms with Crippen LogP contribution in [0, 0.1) is 11.6 Å². The summed E-state index contributed by atoms with van der Waals surface area (Å²) in [5.74, 6) is -4.69. The van der Waals surface area contributed by atoms with Gasteiger partial charge in [-0.15, -0.1) is 0 Å². The molecular formula is C23H12ClF7N2O3. The highest BCUT2D eigenvalue weighted by atomic mass is 35.5. The molecule has 4 rings (SSSR count). The van der Waals surface area contributed by atoms with Gasteiger partial charge < -0.3 is 15.4 Å². The van der Waals surface area contributed by atoms with E-state index in [1.807, 2.05) is 0 Å². The standard InChI is InChI=1S/C23H12ClF7N2O3/c24-16-2-1-11(25)6-14(16)19-18-15(21(35)33-19)7-13(36-22(27)28)8-17(18)32-20(34)9-3-10(23(29,30)31)5-12(26)4-9/h1-8,19,22H,(H,32,34)(H,33,35). The second kappa shape index (κ2) is 9.34. The van der Waals surface area contributed by atoms with E-state index >= 15 is 0 Å². The van der Waals surface area contributed by atoms with Gasteiger partial charge in [0.15, 0.2) is 0 Å². The molecule has 0 saturated heterocycles. The van der Waals surface area contributed by atoms with Crippen molar-refractivity contribution in [1.82, 2.24) is 5.32 Å². The van der Waals surface area contributed by atoms with Crippen LogP contribution in [0.1, 0.15) is 43.4 Å². The summed E-state index contributed by atoms with van der Waals surface area (Å²) in [5.41, 5.74) is -2.76. The highest BCUT2D eigenvalue weighted by Gasteiger charge is 2.36. The molecular weight excluding hydrogens is 521 g/mol. The fourth-order valence-corrected chi connectivity index (χ4v) is 3.96. The van der Waals surface area contributed by atoms with Crippen molar-refractivity contribution < 1.29 is 45.1 Å². The van der Waals surface area contributed by atoms with E-state index in [0.29, 0.717) is 12.1 Å². The van der Waals surface area contributed by atoms with Crippen LogP contribution in [0.4, 0.5) is 36.4 Å². The Hall–Kier alpha value is -3.80. The summed E-state index contributed by atoms with van der Waals surface area (Å²) in [6.45, 7) is -3.32. The molecule has 1 heterocycles. The molecule has 0 radical (unpaired) electrons. The second-order valence-corrected chi connectivity index (χ2v) is 7.97. The number of nitrogens with one attached hydrogen (secondary N) is 2. The van der Waals surface area contributed by atoms with Crippen LogP contribution in [-0.2, 0) is 6.18 Å². The van der Waals surface area contributed by atoms with Gasteiger partial charge in [0.2, 0.25) is 0 Å². The molecule has 188 valence electrons. The van der Waals surface area contributed by atoms with Crippen LogP contribution in [0.5, 0.6) is 5.75 Å². The van der Waals surface area contributed by atoms with Crippen molar-refractivity contribution in [3.05, 3.63) is 93.0 Å². The number of fused-ring (bicyclic) bond motifs is 1. The molecule has 0 fully saturated rings. The molecule has 36 heavy (non-hydrogen) atoms. The van der Waals surface area contributed by atoms with E-state index in [2.05, 4.69) is 15.4 Å². The van der Waals surface area contributed by atoms with Gasteiger partial charge in [0.05, 0.1) is 22.9 Å². The zero-order valence-electron chi connectivity index (χ0n) is 17.5. The Balaban J connectivity index is 1.83. The van der Waals surface area contributed by atoms with Gasteiger partial charge in [0, 0.05) is 27.8 Å². The molecule has 13 heteroatoms. The van der Waals surface area contributed by atoms with E-state index in [0.717, 1.165) is 24.3 Å². The molecule has 2 N–H and O–H groups in total. The summed E-state index contributed by atoms with van der Waals surface area (Å²) in [6.07, 6.45) is -4.96. The molecule has 3 aromatic carbocycles. The summed E-state index contributed by atoms with van der Waals surface area (Å²) in [7, 11) is 0. The molecule has 1 atom stereocenters. The number of carbonyl (C=O) groups is 2. The molecule has 0 aromatic heterocycles. The highest BCUT2D eigenvalue weighted by molar-refractivity contribution is 6.31. The van der Waals surface area contributed by atoms with Crippen molar-refractivity contribution in [1.29, 1.82) is 0 Å². The van der Waals surface area contributed by atoms with Crippen LogP contribution in [0.3, 0.4) is 0 Å². The Morgan fingerprint density at radius 1 is 1.03 bits per heavy atom. The van der Waals surface area contributed by atoms with Crippen molar-refractivity contribution in [3.63, 3.8) is 0 Å². The lowest BCUT2D eigenvalue weighted by Crippen LogP contribution is -2.21. The first-order valence-corrected chi connectivity index (χ1v) is 10.3. The van der Waals surface area contributed by atoms with Crippen molar-refractivity contribution in [2.45, 2.75) is 18.8 Å². The minimum absolute atomic E-state index is 0.0136. The number of halogens is 8. The van der Waals surface area contributed by atoms with Crippen molar-refractivity contribution >= 4 is 29.1 Å². The summed E-state index contributed by atoms with van der Waals surface area (Å²) in [4.78, 5) is 25.4. The fraction of sp³-hybridized carbons (Fsp3) is 0.130. The van der Waals surface area contributed by atoms with E-state index in [1.165, 1.54) is 6.07 Å². The summed E-state index contributed by atoms with van der Waals surface area (Å²) >= 11 is 6.14. The SMILES string of the molecule is O=C(Nc1cc(OC(F)F)cc2c1C(c1cc(F)ccc1Cl)NC2=O)c1cc(F)cc(C(F)(F)F)c1. The third-order valence-corrected chi connectivity index (χ3v) is 5.54. The van der Waals surface area contributed by atoms with Crippen LogP contribution >= 0.6 is 11.6 Å². The number of carbonyl (C=O) groups excluding carboxylic acids is 2. The van der Waals surface area contributed by atoms with Crippen LogP contribution in [0.15, 0.2) is 48.5 Å². The maximum atomic E-state index is 13.9. The van der Waals surface area contributed by atoms with Crippen LogP contribution in [0.2, 0.25) is 5.02 Å². The quantitative estimate of drug-likeness (QED) is 0.378. The van der Waals surface area contributed by atoms with E-state index in [9.17, 15) is 40.3 Å². The van der Waals surface area contributed by atoms with Gasteiger partial charge in [-0.1, -0.05) is 11.6 Å². The highest BCUT2D eigenvalue weighted by Crippen LogP contribution is 2.42. The summed E-state index contributed by atoms with van der Waals surface area (Å²) in [6, 6.07) is 5.04. The monoisotopic (exact) mass is 532 g/mol. The number of rotatable bonds is 5. The van der Waals surface area contributed by atoms with Gasteiger partial charge in [0.1, 0.15) is 17.4 Å². The summed E-state index contributed by atoms with van der Waals surface area (Å²) < 4.78 is 97.0. The molecule has 0 saturated carbocycles. The third-order valence-electron chi connectivity index (χ3n) is 5.19. The van der Waals surface area contributed by atoms with Gasteiger partial charge in [-0.3, -0.25) is 9.59 Å². The average Bonchev–Trinajstić information content (AvgIpc) is 3.10. The van der Waals surface area contributed by atoms with E-state index in [4.69, 9.17) is 11.6 Å². The van der Waals surface area contributed by atoms with Gasteiger partial charge in [-0.05, 0) is 42.5 Å². The Morgan fingerprint density at radius 3 is 2.42 bits per heavy atom. The topological polar surface area (TPSA) is 67.4 Å². The van der Waals surface area contributed by atoms with Crippen LogP contribution < -0.4 is 15.4 Å². The zero-order valence-corrected chi connectivity index (χ0v) is 18.3. The molecule has 3 aromatic rings. The number of hydrogen-bond acceptors (Lipinski definition) is 3. The van der Waals surface area contributed by atoms with Crippen molar-refractivity contribution in [2.24, 2.45) is 0 Å². The number of hydrogen-bond donors (Lipinski definition) is 2. The molecule has 0 bridgehead atoms. The molecule has 1 unspecified atom stereocenters. The Labute approximate surface area is 202 Å². The Bertz CT molecular complexity index is 1380. The van der Waals surface area contributed by atoms with Crippen molar-refractivity contribution in [2.75, 3.05) is 5.32 Å². The Kier molecular flexibility index (Phi) is 6.56. The predicted molar refractivity (Wildman–Crippen MR) is 113 cm³/mol. The Morgan fingerprint density at radius 2 is 1.75 bits per heavy atom. The van der Waals surface area contributed by atoms with E-state index in [-0.39, 0.29) is 33.5 Å². The first-order valence-electron chi connectivity index (χ1n) is 9.91. The maximum Gasteiger partial charge on any atom is 0.416 e. The molecule has 1 aliphatic rings. The number of ether oxygens (including phenoxy) is 1. The van der Waals surface area contributed by atoms with Crippen LogP contribution in [-0.4, -0.2) is 18.4 Å². The van der Waals surface area contributed by atoms with Crippen molar-refractivity contribution in [3.8, 4) is 5.75 Å². The number of amides is 2. The largest absolute Gasteiger partial charge is 0.435 e. The number of anilines is 1. The lowest BCUT2D eigenvalue weighted by atomic mass is 9.95. The summed E-state index contributed by atoms with van der Waals surface area (Å²) in [5, 5.41) is 4.70. The second-order valence-electron chi connectivity index (χ2n) is 7.56. The van der Waals surface area contributed by atoms with E-state index in [1.54, 1.807) is 0 Å².